The molecule has 8 heteroatoms. The second-order valence-electron chi connectivity index (χ2n) is 4.85. The van der Waals surface area contributed by atoms with E-state index in [0.717, 1.165) is 6.07 Å². The topological polar surface area (TPSA) is 92.5 Å². The van der Waals surface area contributed by atoms with Gasteiger partial charge in [0.25, 0.3) is 0 Å². The molecule has 1 heterocycles. The van der Waals surface area contributed by atoms with Crippen LogP contribution in [-0.4, -0.2) is 38.9 Å². The van der Waals surface area contributed by atoms with Gasteiger partial charge in [0.05, 0.1) is 4.90 Å². The number of carbonyl (C=O) groups excluding carboxylic acids is 1. The molecule has 0 saturated carbocycles. The largest absolute Gasteiger partial charge is 0.399 e. The molecule has 1 aliphatic heterocycles. The number of carbonyl (C=O) groups is 1. The Morgan fingerprint density at radius 3 is 2.65 bits per heavy atom. The first-order valence-electron chi connectivity index (χ1n) is 6.05. The molecule has 1 saturated heterocycles. The summed E-state index contributed by atoms with van der Waals surface area (Å²) < 4.78 is 40.4. The van der Waals surface area contributed by atoms with Crippen LogP contribution in [0.3, 0.4) is 0 Å². The van der Waals surface area contributed by atoms with Gasteiger partial charge in [-0.05, 0) is 25.5 Å². The normalized spacial score (nSPS) is 19.6. The van der Waals surface area contributed by atoms with E-state index >= 15 is 0 Å². The van der Waals surface area contributed by atoms with Crippen molar-refractivity contribution in [3.8, 4) is 0 Å². The van der Waals surface area contributed by atoms with Gasteiger partial charge in [0.2, 0.25) is 15.9 Å². The van der Waals surface area contributed by atoms with Crippen LogP contribution < -0.4 is 10.5 Å². The number of rotatable bonds is 3. The fraction of sp³-hybridized carbons (Fsp3) is 0.417. The quantitative estimate of drug-likeness (QED) is 0.781. The molecule has 1 amide bonds. The molecule has 0 aromatic heterocycles. The van der Waals surface area contributed by atoms with Crippen molar-refractivity contribution in [1.29, 1.82) is 0 Å². The summed E-state index contributed by atoms with van der Waals surface area (Å²) in [6.07, 6.45) is 0.387. The van der Waals surface area contributed by atoms with Gasteiger partial charge in [-0.1, -0.05) is 0 Å². The maximum absolute atomic E-state index is 13.6. The van der Waals surface area contributed by atoms with Crippen molar-refractivity contribution in [2.24, 2.45) is 0 Å². The minimum atomic E-state index is -3.99. The SMILES string of the molecule is Cc1c(F)cc(N)cc1S(=O)(=O)NC1CCN(C)C1=O. The van der Waals surface area contributed by atoms with Crippen molar-refractivity contribution < 1.29 is 17.6 Å². The van der Waals surface area contributed by atoms with Gasteiger partial charge in [0, 0.05) is 24.8 Å². The lowest BCUT2D eigenvalue weighted by molar-refractivity contribution is -0.127. The van der Waals surface area contributed by atoms with E-state index < -0.39 is 21.9 Å². The predicted octanol–water partition coefficient (Wildman–Crippen LogP) is 0.225. The highest BCUT2D eigenvalue weighted by atomic mass is 32.2. The van der Waals surface area contributed by atoms with Gasteiger partial charge in [0.1, 0.15) is 11.9 Å². The minimum Gasteiger partial charge on any atom is -0.399 e. The minimum absolute atomic E-state index is 0.0170. The summed E-state index contributed by atoms with van der Waals surface area (Å²) in [5, 5.41) is 0. The van der Waals surface area contributed by atoms with Crippen molar-refractivity contribution in [2.75, 3.05) is 19.3 Å². The van der Waals surface area contributed by atoms with E-state index in [1.165, 1.54) is 17.9 Å². The summed E-state index contributed by atoms with van der Waals surface area (Å²) >= 11 is 0. The standard InChI is InChI=1S/C12H16FN3O3S/c1-7-9(13)5-8(14)6-11(7)20(18,19)15-10-3-4-16(2)12(10)17/h5-6,10,15H,3-4,14H2,1-2H3. The number of hydrogen-bond acceptors (Lipinski definition) is 4. The molecule has 2 rings (SSSR count). The van der Waals surface area contributed by atoms with Gasteiger partial charge in [0.15, 0.2) is 0 Å². The summed E-state index contributed by atoms with van der Waals surface area (Å²) in [6.45, 7) is 1.84. The fourth-order valence-corrected chi connectivity index (χ4v) is 3.65. The average molecular weight is 301 g/mol. The molecule has 1 aromatic rings. The zero-order valence-electron chi connectivity index (χ0n) is 11.2. The first kappa shape index (κ1) is 14.7. The number of nitrogens with one attached hydrogen (secondary N) is 1. The van der Waals surface area contributed by atoms with Crippen LogP contribution in [0.15, 0.2) is 17.0 Å². The molecule has 1 unspecified atom stereocenters. The van der Waals surface area contributed by atoms with Crippen molar-refractivity contribution in [3.05, 3.63) is 23.5 Å². The second-order valence-corrected chi connectivity index (χ2v) is 6.53. The zero-order valence-corrected chi connectivity index (χ0v) is 12.0. The van der Waals surface area contributed by atoms with Crippen molar-refractivity contribution in [1.82, 2.24) is 9.62 Å². The number of nitrogen functional groups attached to an aromatic ring is 1. The maximum Gasteiger partial charge on any atom is 0.241 e. The summed E-state index contributed by atoms with van der Waals surface area (Å²) in [7, 11) is -2.39. The van der Waals surface area contributed by atoms with Crippen LogP contribution in [0.2, 0.25) is 0 Å². The summed E-state index contributed by atoms with van der Waals surface area (Å²) in [5.74, 6) is -0.990. The number of benzene rings is 1. The first-order chi connectivity index (χ1) is 9.22. The molecule has 0 aliphatic carbocycles. The predicted molar refractivity (Wildman–Crippen MR) is 71.9 cm³/mol. The number of hydrogen-bond donors (Lipinski definition) is 2. The van der Waals surface area contributed by atoms with E-state index in [1.54, 1.807) is 7.05 Å². The van der Waals surface area contributed by atoms with Gasteiger partial charge in [-0.25, -0.2) is 12.8 Å². The molecule has 20 heavy (non-hydrogen) atoms. The third-order valence-corrected chi connectivity index (χ3v) is 4.93. The Balaban J connectivity index is 2.34. The summed E-state index contributed by atoms with van der Waals surface area (Å²) in [5.41, 5.74) is 5.47. The van der Waals surface area contributed by atoms with Gasteiger partial charge < -0.3 is 10.6 Å². The Labute approximate surface area is 116 Å². The number of sulfonamides is 1. The van der Waals surface area contributed by atoms with Crippen molar-refractivity contribution in [3.63, 3.8) is 0 Å². The van der Waals surface area contributed by atoms with E-state index in [-0.39, 0.29) is 22.1 Å². The van der Waals surface area contributed by atoms with Crippen molar-refractivity contribution in [2.45, 2.75) is 24.3 Å². The Morgan fingerprint density at radius 2 is 2.10 bits per heavy atom. The van der Waals surface area contributed by atoms with Crippen LogP contribution in [0.4, 0.5) is 10.1 Å². The Bertz CT molecular complexity index is 660. The van der Waals surface area contributed by atoms with E-state index in [1.807, 2.05) is 0 Å². The maximum atomic E-state index is 13.6. The van der Waals surface area contributed by atoms with Gasteiger partial charge in [-0.3, -0.25) is 4.79 Å². The van der Waals surface area contributed by atoms with Crippen LogP contribution in [0.5, 0.6) is 0 Å². The highest BCUT2D eigenvalue weighted by molar-refractivity contribution is 7.89. The third-order valence-electron chi connectivity index (χ3n) is 3.33. The lowest BCUT2D eigenvalue weighted by atomic mass is 10.2. The molecule has 0 radical (unpaired) electrons. The van der Waals surface area contributed by atoms with E-state index in [4.69, 9.17) is 5.73 Å². The Morgan fingerprint density at radius 1 is 1.45 bits per heavy atom. The van der Waals surface area contributed by atoms with E-state index in [9.17, 15) is 17.6 Å². The molecule has 110 valence electrons. The van der Waals surface area contributed by atoms with Gasteiger partial charge in [-0.15, -0.1) is 0 Å². The molecule has 1 aliphatic rings. The molecule has 1 aromatic carbocycles. The molecule has 0 bridgehead atoms. The number of nitrogens with two attached hydrogens (primary N) is 1. The summed E-state index contributed by atoms with van der Waals surface area (Å²) in [6, 6.07) is 1.43. The number of likely N-dealkylation sites (N-methyl/N-ethyl adjacent to an activating group) is 1. The lowest BCUT2D eigenvalue weighted by Gasteiger charge is -2.14. The fourth-order valence-electron chi connectivity index (χ4n) is 2.14. The molecule has 6 nitrogen and oxygen atoms in total. The zero-order chi connectivity index (χ0) is 15.1. The molecular weight excluding hydrogens is 285 g/mol. The number of nitrogens with zero attached hydrogens (tertiary/aromatic N) is 1. The molecular formula is C12H16FN3O3S. The monoisotopic (exact) mass is 301 g/mol. The molecule has 1 atom stereocenters. The van der Waals surface area contributed by atoms with E-state index in [0.29, 0.717) is 13.0 Å². The first-order valence-corrected chi connectivity index (χ1v) is 7.53. The second kappa shape index (κ2) is 5.02. The van der Waals surface area contributed by atoms with Crippen LogP contribution in [-0.2, 0) is 14.8 Å². The lowest BCUT2D eigenvalue weighted by Crippen LogP contribution is -2.40. The summed E-state index contributed by atoms with van der Waals surface area (Å²) in [4.78, 5) is 12.9. The number of halogens is 1. The van der Waals surface area contributed by atoms with Crippen molar-refractivity contribution >= 4 is 21.6 Å². The van der Waals surface area contributed by atoms with Crippen LogP contribution in [0, 0.1) is 12.7 Å². The van der Waals surface area contributed by atoms with Gasteiger partial charge >= 0.3 is 0 Å². The number of amides is 1. The Hall–Kier alpha value is -1.67. The Kier molecular flexibility index (Phi) is 3.70. The number of anilines is 1. The van der Waals surface area contributed by atoms with Gasteiger partial charge in [-0.2, -0.15) is 4.72 Å². The molecule has 1 fully saturated rings. The molecule has 3 N–H and O–H groups in total. The smallest absolute Gasteiger partial charge is 0.241 e. The highest BCUT2D eigenvalue weighted by Gasteiger charge is 2.33. The van der Waals surface area contributed by atoms with Crippen LogP contribution in [0.1, 0.15) is 12.0 Å². The number of likely N-dealkylation sites (tertiary alicyclic amines) is 1. The highest BCUT2D eigenvalue weighted by Crippen LogP contribution is 2.23. The molecule has 0 spiro atoms. The average Bonchev–Trinajstić information content (AvgIpc) is 2.65. The van der Waals surface area contributed by atoms with Crippen LogP contribution >= 0.6 is 0 Å². The van der Waals surface area contributed by atoms with Crippen LogP contribution in [0.25, 0.3) is 0 Å². The van der Waals surface area contributed by atoms with E-state index in [2.05, 4.69) is 4.72 Å². The third kappa shape index (κ3) is 2.61.